The summed E-state index contributed by atoms with van der Waals surface area (Å²) in [7, 11) is 0. The molecule has 0 spiro atoms. The molecule has 0 atom stereocenters. The lowest BCUT2D eigenvalue weighted by Crippen LogP contribution is -2.09. The predicted octanol–water partition coefficient (Wildman–Crippen LogP) is 16.9. The van der Waals surface area contributed by atoms with Crippen molar-refractivity contribution >= 4 is 93.1 Å². The maximum absolute atomic E-state index is 6.44. The third-order valence-corrected chi connectivity index (χ3v) is 13.0. The molecule has 63 heavy (non-hydrogen) atoms. The SMILES string of the molecule is c1cc(-c2ccc(N(c3ccc(-c4ccc5oc6c7ccccc7ccc6c5c4)cc3)c3ccc4c(ccc5ccccc54)c3)cc2)cc(-n2c3ccccc3c3ccccc32)c1. The van der Waals surface area contributed by atoms with Crippen molar-refractivity contribution < 1.29 is 4.42 Å². The summed E-state index contributed by atoms with van der Waals surface area (Å²) in [6, 6.07) is 83.6. The molecule has 11 aromatic carbocycles. The summed E-state index contributed by atoms with van der Waals surface area (Å²) in [6.07, 6.45) is 0. The molecule has 0 amide bonds. The number of para-hydroxylation sites is 2. The van der Waals surface area contributed by atoms with Crippen molar-refractivity contribution in [1.29, 1.82) is 0 Å². The molecule has 13 aromatic rings. The van der Waals surface area contributed by atoms with Crippen LogP contribution in [-0.4, -0.2) is 4.57 Å². The quantitative estimate of drug-likeness (QED) is 0.156. The summed E-state index contributed by atoms with van der Waals surface area (Å²) in [6.45, 7) is 0. The smallest absolute Gasteiger partial charge is 0.143 e. The van der Waals surface area contributed by atoms with E-state index in [9.17, 15) is 0 Å². The number of rotatable bonds is 6. The Balaban J connectivity index is 0.894. The molecule has 0 radical (unpaired) electrons. The summed E-state index contributed by atoms with van der Waals surface area (Å²) in [5.41, 5.74) is 13.3. The van der Waals surface area contributed by atoms with Crippen LogP contribution >= 0.6 is 0 Å². The van der Waals surface area contributed by atoms with Crippen LogP contribution in [-0.2, 0) is 0 Å². The first-order valence-electron chi connectivity index (χ1n) is 21.6. The van der Waals surface area contributed by atoms with Crippen molar-refractivity contribution in [3.63, 3.8) is 0 Å². The highest BCUT2D eigenvalue weighted by Crippen LogP contribution is 2.41. The van der Waals surface area contributed by atoms with Gasteiger partial charge in [-0.05, 0) is 128 Å². The Morgan fingerprint density at radius 2 is 0.825 bits per heavy atom. The molecule has 0 unspecified atom stereocenters. The monoisotopic (exact) mass is 802 g/mol. The molecule has 3 heteroatoms. The first-order chi connectivity index (χ1) is 31.2. The zero-order valence-electron chi connectivity index (χ0n) is 34.2. The second kappa shape index (κ2) is 14.1. The number of aromatic nitrogens is 1. The van der Waals surface area contributed by atoms with Crippen LogP contribution in [0.25, 0.3) is 104 Å². The lowest BCUT2D eigenvalue weighted by Gasteiger charge is -2.26. The van der Waals surface area contributed by atoms with E-state index < -0.39 is 0 Å². The van der Waals surface area contributed by atoms with Gasteiger partial charge in [0.25, 0.3) is 0 Å². The van der Waals surface area contributed by atoms with Crippen LogP contribution in [0.5, 0.6) is 0 Å². The highest BCUT2D eigenvalue weighted by molar-refractivity contribution is 6.16. The maximum atomic E-state index is 6.44. The van der Waals surface area contributed by atoms with Crippen molar-refractivity contribution in [3.05, 3.63) is 231 Å². The van der Waals surface area contributed by atoms with Crippen LogP contribution in [0.4, 0.5) is 17.1 Å². The van der Waals surface area contributed by atoms with Crippen LogP contribution in [0.2, 0.25) is 0 Å². The highest BCUT2D eigenvalue weighted by atomic mass is 16.3. The Labute approximate surface area is 363 Å². The van der Waals surface area contributed by atoms with Gasteiger partial charge in [0.2, 0.25) is 0 Å². The van der Waals surface area contributed by atoms with Crippen LogP contribution in [0.15, 0.2) is 235 Å². The van der Waals surface area contributed by atoms with Gasteiger partial charge in [-0.25, -0.2) is 0 Å². The molecule has 0 saturated carbocycles. The Bertz CT molecular complexity index is 3860. The summed E-state index contributed by atoms with van der Waals surface area (Å²) in [5, 5.41) is 12.1. The summed E-state index contributed by atoms with van der Waals surface area (Å²) >= 11 is 0. The fourth-order valence-corrected chi connectivity index (χ4v) is 9.90. The molecule has 0 aliphatic rings. The Hall–Kier alpha value is -8.40. The average molecular weight is 803 g/mol. The third-order valence-electron chi connectivity index (χ3n) is 13.0. The van der Waals surface area contributed by atoms with Gasteiger partial charge in [0.05, 0.1) is 11.0 Å². The van der Waals surface area contributed by atoms with Gasteiger partial charge in [-0.3, -0.25) is 0 Å². The first kappa shape index (κ1) is 35.4. The summed E-state index contributed by atoms with van der Waals surface area (Å²) in [5.74, 6) is 0. The van der Waals surface area contributed by atoms with Gasteiger partial charge < -0.3 is 13.9 Å². The number of anilines is 3. The topological polar surface area (TPSA) is 21.3 Å². The van der Waals surface area contributed by atoms with Crippen LogP contribution < -0.4 is 4.90 Å². The van der Waals surface area contributed by atoms with Gasteiger partial charge >= 0.3 is 0 Å². The lowest BCUT2D eigenvalue weighted by atomic mass is 10.00. The van der Waals surface area contributed by atoms with Crippen molar-refractivity contribution in [3.8, 4) is 27.9 Å². The van der Waals surface area contributed by atoms with Gasteiger partial charge in [-0.15, -0.1) is 0 Å². The fraction of sp³-hybridized carbons (Fsp3) is 0. The number of fused-ring (bicyclic) bond motifs is 11. The van der Waals surface area contributed by atoms with E-state index in [-0.39, 0.29) is 0 Å². The molecule has 0 fully saturated rings. The van der Waals surface area contributed by atoms with E-state index >= 15 is 0 Å². The van der Waals surface area contributed by atoms with E-state index in [2.05, 4.69) is 240 Å². The first-order valence-corrected chi connectivity index (χ1v) is 21.6. The minimum Gasteiger partial charge on any atom is -0.455 e. The van der Waals surface area contributed by atoms with Gasteiger partial charge in [-0.2, -0.15) is 0 Å². The van der Waals surface area contributed by atoms with Gasteiger partial charge in [0.1, 0.15) is 11.2 Å². The second-order valence-electron chi connectivity index (χ2n) is 16.5. The standard InChI is InChI=1S/C60H38N2O/c1-3-14-50-41(10-1)20-21-45-37-49(32-34-51(45)50)61(47-30-24-40(25-31-47)44-27-35-59-56(38-44)55-33-26-42-11-2-4-15-52(42)60(55)63-59)46-28-22-39(23-29-46)43-12-9-13-48(36-43)62-57-18-7-5-16-53(57)54-17-6-8-19-58(54)62/h1-38H. The van der Waals surface area contributed by atoms with E-state index in [1.165, 1.54) is 54.3 Å². The Kier molecular flexibility index (Phi) is 7.91. The average Bonchev–Trinajstić information content (AvgIpc) is 3.90. The van der Waals surface area contributed by atoms with Crippen molar-refractivity contribution in [2.45, 2.75) is 0 Å². The number of hydrogen-bond acceptors (Lipinski definition) is 2. The minimum atomic E-state index is 0.902. The molecule has 13 rings (SSSR count). The van der Waals surface area contributed by atoms with Gasteiger partial charge in [0, 0.05) is 49.7 Å². The molecule has 2 heterocycles. The Morgan fingerprint density at radius 3 is 1.54 bits per heavy atom. The normalized spacial score (nSPS) is 11.8. The Morgan fingerprint density at radius 1 is 0.302 bits per heavy atom. The predicted molar refractivity (Wildman–Crippen MR) is 266 cm³/mol. The van der Waals surface area contributed by atoms with Crippen LogP contribution in [0.3, 0.4) is 0 Å². The van der Waals surface area contributed by atoms with E-state index in [1.54, 1.807) is 0 Å². The summed E-state index contributed by atoms with van der Waals surface area (Å²) in [4.78, 5) is 2.37. The van der Waals surface area contributed by atoms with Gasteiger partial charge in [-0.1, -0.05) is 152 Å². The number of nitrogens with zero attached hydrogens (tertiary/aromatic N) is 2. The highest BCUT2D eigenvalue weighted by Gasteiger charge is 2.17. The third kappa shape index (κ3) is 5.75. The van der Waals surface area contributed by atoms with Crippen LogP contribution in [0.1, 0.15) is 0 Å². The molecule has 0 saturated heterocycles. The molecule has 2 aromatic heterocycles. The molecular weight excluding hydrogens is 765 g/mol. The summed E-state index contributed by atoms with van der Waals surface area (Å²) < 4.78 is 8.82. The lowest BCUT2D eigenvalue weighted by molar-refractivity contribution is 0.672. The molecular formula is C60H38N2O. The molecule has 3 nitrogen and oxygen atoms in total. The zero-order valence-corrected chi connectivity index (χ0v) is 34.2. The van der Waals surface area contributed by atoms with E-state index in [0.29, 0.717) is 0 Å². The fourth-order valence-electron chi connectivity index (χ4n) is 9.90. The van der Waals surface area contributed by atoms with E-state index in [1.807, 2.05) is 0 Å². The minimum absolute atomic E-state index is 0.902. The zero-order chi connectivity index (χ0) is 41.4. The van der Waals surface area contributed by atoms with Crippen molar-refractivity contribution in [1.82, 2.24) is 4.57 Å². The number of benzene rings is 11. The maximum Gasteiger partial charge on any atom is 0.143 e. The van der Waals surface area contributed by atoms with Crippen molar-refractivity contribution in [2.75, 3.05) is 4.90 Å². The van der Waals surface area contributed by atoms with Gasteiger partial charge in [0.15, 0.2) is 0 Å². The molecule has 294 valence electrons. The van der Waals surface area contributed by atoms with E-state index in [0.717, 1.165) is 66.8 Å². The molecule has 0 aliphatic carbocycles. The number of furan rings is 1. The molecule has 0 N–H and O–H groups in total. The van der Waals surface area contributed by atoms with E-state index in [4.69, 9.17) is 4.42 Å². The number of hydrogen-bond donors (Lipinski definition) is 0. The second-order valence-corrected chi connectivity index (χ2v) is 16.5. The largest absolute Gasteiger partial charge is 0.455 e. The molecule has 0 bridgehead atoms. The van der Waals surface area contributed by atoms with Crippen LogP contribution in [0, 0.1) is 0 Å². The molecule has 0 aliphatic heterocycles. The van der Waals surface area contributed by atoms with Crippen molar-refractivity contribution in [2.24, 2.45) is 0 Å².